The van der Waals surface area contributed by atoms with Gasteiger partial charge in [0.05, 0.1) is 6.10 Å². The molecular formula is C34H44O6Si. The number of allylic oxidation sites excluding steroid dienone is 1. The van der Waals surface area contributed by atoms with E-state index in [-0.39, 0.29) is 6.42 Å². The van der Waals surface area contributed by atoms with Gasteiger partial charge in [-0.05, 0) is 61.5 Å². The van der Waals surface area contributed by atoms with Gasteiger partial charge in [0.25, 0.3) is 14.8 Å². The lowest BCUT2D eigenvalue weighted by Gasteiger charge is -2.44. The van der Waals surface area contributed by atoms with Gasteiger partial charge in [0.1, 0.15) is 12.2 Å². The molecule has 2 aromatic carbocycles. The SMILES string of the molecule is C/C=C(/C)[C@H]1C/C=C(\C)[C@@H](CC(C)(C)[Si](O)(c2ccccc2)c2ccccc2)[C@H](OC=O)C(O)C/C=C(/C)C(=O)O1. The topological polar surface area (TPSA) is 93.1 Å². The molecule has 41 heavy (non-hydrogen) atoms. The molecule has 0 aliphatic carbocycles. The summed E-state index contributed by atoms with van der Waals surface area (Å²) in [6, 6.07) is 19.5. The Kier molecular flexibility index (Phi) is 11.1. The van der Waals surface area contributed by atoms with E-state index in [1.54, 1.807) is 13.0 Å². The lowest BCUT2D eigenvalue weighted by atomic mass is 9.82. The quantitative estimate of drug-likeness (QED) is 0.199. The van der Waals surface area contributed by atoms with Gasteiger partial charge in [-0.15, -0.1) is 0 Å². The highest BCUT2D eigenvalue weighted by Crippen LogP contribution is 2.45. The minimum Gasteiger partial charge on any atom is -0.461 e. The zero-order valence-electron chi connectivity index (χ0n) is 25.0. The van der Waals surface area contributed by atoms with E-state index in [0.29, 0.717) is 24.9 Å². The molecule has 3 rings (SSSR count). The van der Waals surface area contributed by atoms with Crippen molar-refractivity contribution in [3.05, 3.63) is 95.6 Å². The second kappa shape index (κ2) is 14.1. The summed E-state index contributed by atoms with van der Waals surface area (Å²) in [6.45, 7) is 12.0. The van der Waals surface area contributed by atoms with Crippen molar-refractivity contribution in [3.8, 4) is 0 Å². The second-order valence-corrected chi connectivity index (χ2v) is 15.6. The first-order valence-corrected chi connectivity index (χ1v) is 16.2. The van der Waals surface area contributed by atoms with E-state index in [9.17, 15) is 19.5 Å². The van der Waals surface area contributed by atoms with Crippen molar-refractivity contribution in [2.24, 2.45) is 5.92 Å². The lowest BCUT2D eigenvalue weighted by Crippen LogP contribution is -2.66. The fourth-order valence-corrected chi connectivity index (χ4v) is 9.51. The van der Waals surface area contributed by atoms with Crippen LogP contribution in [0.25, 0.3) is 0 Å². The Morgan fingerprint density at radius 3 is 2.10 bits per heavy atom. The van der Waals surface area contributed by atoms with E-state index >= 15 is 0 Å². The summed E-state index contributed by atoms with van der Waals surface area (Å²) < 4.78 is 11.4. The summed E-state index contributed by atoms with van der Waals surface area (Å²) in [4.78, 5) is 37.3. The molecule has 220 valence electrons. The molecule has 0 saturated carbocycles. The smallest absolute Gasteiger partial charge is 0.333 e. The van der Waals surface area contributed by atoms with Crippen molar-refractivity contribution >= 4 is 31.1 Å². The lowest BCUT2D eigenvalue weighted by molar-refractivity contribution is -0.144. The summed E-state index contributed by atoms with van der Waals surface area (Å²) in [5.74, 6) is -0.852. The summed E-state index contributed by atoms with van der Waals surface area (Å²) >= 11 is 0. The van der Waals surface area contributed by atoms with Crippen LogP contribution in [0.3, 0.4) is 0 Å². The van der Waals surface area contributed by atoms with Crippen LogP contribution in [0, 0.1) is 5.92 Å². The summed E-state index contributed by atoms with van der Waals surface area (Å²) in [5.41, 5.74) is 2.21. The molecule has 0 saturated heterocycles. The van der Waals surface area contributed by atoms with Gasteiger partial charge in [0.15, 0.2) is 0 Å². The fourth-order valence-electron chi connectivity index (χ4n) is 5.75. The molecule has 0 fully saturated rings. The van der Waals surface area contributed by atoms with Crippen molar-refractivity contribution in [1.82, 2.24) is 0 Å². The van der Waals surface area contributed by atoms with Crippen LogP contribution in [0.2, 0.25) is 5.04 Å². The van der Waals surface area contributed by atoms with Gasteiger partial charge in [-0.25, -0.2) is 4.79 Å². The molecule has 4 atom stereocenters. The first kappa shape index (κ1) is 32.3. The molecule has 0 aromatic heterocycles. The van der Waals surface area contributed by atoms with Gasteiger partial charge in [0.2, 0.25) is 0 Å². The monoisotopic (exact) mass is 576 g/mol. The van der Waals surface area contributed by atoms with Crippen molar-refractivity contribution in [2.75, 3.05) is 0 Å². The van der Waals surface area contributed by atoms with Gasteiger partial charge < -0.3 is 19.4 Å². The predicted octanol–water partition coefficient (Wildman–Crippen LogP) is 4.99. The highest BCUT2D eigenvalue weighted by molar-refractivity contribution is 6.98. The normalized spacial score (nSPS) is 25.9. The van der Waals surface area contributed by atoms with Gasteiger partial charge in [-0.1, -0.05) is 98.3 Å². The molecule has 0 amide bonds. The van der Waals surface area contributed by atoms with Crippen LogP contribution in [0.4, 0.5) is 0 Å². The number of aliphatic hydroxyl groups is 1. The molecule has 6 nitrogen and oxygen atoms in total. The Bertz CT molecular complexity index is 1230. The van der Waals surface area contributed by atoms with Crippen molar-refractivity contribution in [2.45, 2.75) is 84.2 Å². The van der Waals surface area contributed by atoms with Crippen LogP contribution >= 0.6 is 0 Å². The second-order valence-electron chi connectivity index (χ2n) is 11.6. The van der Waals surface area contributed by atoms with Crippen LogP contribution < -0.4 is 10.4 Å². The molecule has 1 unspecified atom stereocenters. The van der Waals surface area contributed by atoms with E-state index in [2.05, 4.69) is 13.8 Å². The molecule has 0 bridgehead atoms. The van der Waals surface area contributed by atoms with Crippen LogP contribution in [0.5, 0.6) is 0 Å². The molecule has 2 N–H and O–H groups in total. The zero-order valence-corrected chi connectivity index (χ0v) is 26.0. The minimum absolute atomic E-state index is 0.107. The highest BCUT2D eigenvalue weighted by atomic mass is 28.4. The maximum atomic E-state index is 12.8. The third-order valence-electron chi connectivity index (χ3n) is 8.52. The molecule has 7 heteroatoms. The van der Waals surface area contributed by atoms with Crippen LogP contribution in [-0.4, -0.2) is 49.0 Å². The summed E-state index contributed by atoms with van der Waals surface area (Å²) in [6.07, 6.45) is 4.15. The number of esters is 1. The Morgan fingerprint density at radius 2 is 1.59 bits per heavy atom. The predicted molar refractivity (Wildman–Crippen MR) is 165 cm³/mol. The number of carbonyl (C=O) groups is 2. The Morgan fingerprint density at radius 1 is 1.02 bits per heavy atom. The maximum absolute atomic E-state index is 12.8. The van der Waals surface area contributed by atoms with E-state index in [1.165, 1.54) is 0 Å². The van der Waals surface area contributed by atoms with Crippen LogP contribution in [-0.2, 0) is 19.1 Å². The van der Waals surface area contributed by atoms with E-state index in [0.717, 1.165) is 21.5 Å². The van der Waals surface area contributed by atoms with Crippen LogP contribution in [0.1, 0.15) is 60.8 Å². The van der Waals surface area contributed by atoms with Gasteiger partial charge in [-0.3, -0.25) is 4.79 Å². The van der Waals surface area contributed by atoms with Crippen LogP contribution in [0.15, 0.2) is 95.6 Å². The van der Waals surface area contributed by atoms with Gasteiger partial charge >= 0.3 is 5.97 Å². The number of benzene rings is 2. The summed E-state index contributed by atoms with van der Waals surface area (Å²) in [7, 11) is -3.39. The molecule has 2 aromatic rings. The van der Waals surface area contributed by atoms with Crippen molar-refractivity contribution < 1.29 is 29.0 Å². The van der Waals surface area contributed by atoms with Gasteiger partial charge in [-0.2, -0.15) is 0 Å². The van der Waals surface area contributed by atoms with E-state index in [1.807, 2.05) is 93.6 Å². The Labute approximate surface area is 245 Å². The van der Waals surface area contributed by atoms with E-state index < -0.39 is 43.6 Å². The number of aliphatic hydroxyl groups excluding tert-OH is 1. The highest BCUT2D eigenvalue weighted by Gasteiger charge is 2.52. The number of hydrogen-bond donors (Lipinski definition) is 2. The molecule has 0 spiro atoms. The molecule has 1 aliphatic rings. The largest absolute Gasteiger partial charge is 0.461 e. The third-order valence-corrected chi connectivity index (χ3v) is 13.0. The molecular weight excluding hydrogens is 532 g/mol. The first-order valence-electron chi connectivity index (χ1n) is 14.2. The number of cyclic esters (lactones) is 1. The molecule has 1 aliphatic heterocycles. The van der Waals surface area contributed by atoms with Crippen molar-refractivity contribution in [1.29, 1.82) is 0 Å². The number of carbonyl (C=O) groups excluding carboxylic acids is 2. The zero-order chi connectivity index (χ0) is 30.2. The Hall–Kier alpha value is -3.26. The Balaban J connectivity index is 2.16. The average Bonchev–Trinajstić information content (AvgIpc) is 2.98. The number of rotatable bonds is 8. The minimum atomic E-state index is -3.39. The molecule has 1 heterocycles. The standard InChI is InChI=1S/C34H44O6Si/c1-7-24(2)31-21-19-25(3)29(32(39-23-35)30(36)20-18-26(4)33(37)40-31)22-34(5,6)41(38,27-14-10-8-11-15-27)28-16-12-9-13-17-28/h7-19,23,29-32,36,38H,20-22H2,1-6H3/b24-7-,25-19+,26-18-/t29-,30?,31-,32+/m1/s1. The number of hydrogen-bond acceptors (Lipinski definition) is 6. The molecule has 0 radical (unpaired) electrons. The maximum Gasteiger partial charge on any atom is 0.333 e. The average molecular weight is 577 g/mol. The summed E-state index contributed by atoms with van der Waals surface area (Å²) in [5, 5.41) is 12.4. The number of ether oxygens (including phenoxy) is 2. The first-order chi connectivity index (χ1) is 19.5. The fraction of sp³-hybridized carbons (Fsp3) is 0.412. The van der Waals surface area contributed by atoms with E-state index in [4.69, 9.17) is 9.47 Å². The third kappa shape index (κ3) is 7.34. The van der Waals surface area contributed by atoms with Gasteiger partial charge in [0, 0.05) is 17.9 Å². The van der Waals surface area contributed by atoms with Crippen molar-refractivity contribution in [3.63, 3.8) is 0 Å².